The highest BCUT2D eigenvalue weighted by Gasteiger charge is 2.18. The molecule has 7 nitrogen and oxygen atoms in total. The van der Waals surface area contributed by atoms with Crippen molar-refractivity contribution in [2.75, 3.05) is 18.9 Å². The SMILES string of the molecule is CN(CC(=O)Nc1c(Cl)cccc1Cl)C(=O)Cn1c(-c2cccs2)n[nH]c1=S. The number of halogens is 2. The summed E-state index contributed by atoms with van der Waals surface area (Å²) in [5, 5.41) is 12.1. The molecule has 2 heterocycles. The van der Waals surface area contributed by atoms with Gasteiger partial charge in [-0.3, -0.25) is 19.3 Å². The van der Waals surface area contributed by atoms with E-state index < -0.39 is 5.91 Å². The Balaban J connectivity index is 1.67. The molecule has 0 bridgehead atoms. The molecule has 146 valence electrons. The van der Waals surface area contributed by atoms with E-state index in [-0.39, 0.29) is 19.0 Å². The van der Waals surface area contributed by atoms with Crippen LogP contribution in [0.3, 0.4) is 0 Å². The summed E-state index contributed by atoms with van der Waals surface area (Å²) in [5.74, 6) is -0.134. The summed E-state index contributed by atoms with van der Waals surface area (Å²) in [6.07, 6.45) is 0. The molecule has 3 aromatic rings. The first-order valence-corrected chi connectivity index (χ1v) is 10.1. The zero-order valence-corrected chi connectivity index (χ0v) is 17.8. The number of anilines is 1. The lowest BCUT2D eigenvalue weighted by Crippen LogP contribution is -2.37. The summed E-state index contributed by atoms with van der Waals surface area (Å²) >= 11 is 18.8. The molecule has 0 aliphatic rings. The van der Waals surface area contributed by atoms with Gasteiger partial charge in [0.15, 0.2) is 10.6 Å². The summed E-state index contributed by atoms with van der Waals surface area (Å²) in [6, 6.07) is 8.69. The summed E-state index contributed by atoms with van der Waals surface area (Å²) in [4.78, 5) is 27.1. The van der Waals surface area contributed by atoms with E-state index in [9.17, 15) is 9.59 Å². The first kappa shape index (κ1) is 20.5. The van der Waals surface area contributed by atoms with Gasteiger partial charge in [-0.05, 0) is 35.8 Å². The second-order valence-electron chi connectivity index (χ2n) is 5.81. The van der Waals surface area contributed by atoms with Gasteiger partial charge in [0.25, 0.3) is 0 Å². The molecule has 0 saturated heterocycles. The zero-order chi connectivity index (χ0) is 20.3. The minimum Gasteiger partial charge on any atom is -0.335 e. The molecule has 1 aromatic carbocycles. The first-order valence-electron chi connectivity index (χ1n) is 8.03. The number of carbonyl (C=O) groups is 2. The second-order valence-corrected chi connectivity index (χ2v) is 7.96. The quantitative estimate of drug-likeness (QED) is 0.548. The Bertz CT molecular complexity index is 1040. The standard InChI is InChI=1S/C17H15Cl2N5O2S2/c1-23(8-13(25)20-15-10(18)4-2-5-11(15)19)14(26)9-24-16(21-22-17(24)27)12-6-3-7-28-12/h2-7H,8-9H2,1H3,(H,20,25)(H,22,27). The van der Waals surface area contributed by atoms with Gasteiger partial charge in [0.05, 0.1) is 27.2 Å². The largest absolute Gasteiger partial charge is 0.335 e. The first-order chi connectivity index (χ1) is 13.4. The molecule has 2 N–H and O–H groups in total. The van der Waals surface area contributed by atoms with Crippen LogP contribution < -0.4 is 5.32 Å². The van der Waals surface area contributed by atoms with Crippen molar-refractivity contribution in [2.24, 2.45) is 0 Å². The molecule has 2 amide bonds. The fraction of sp³-hybridized carbons (Fsp3) is 0.176. The number of aromatic nitrogens is 3. The molecule has 0 aliphatic heterocycles. The molecule has 3 rings (SSSR count). The maximum atomic E-state index is 12.6. The molecule has 0 spiro atoms. The molecule has 0 radical (unpaired) electrons. The van der Waals surface area contributed by atoms with Crippen LogP contribution in [0.2, 0.25) is 10.0 Å². The Hall–Kier alpha value is -2.20. The van der Waals surface area contributed by atoms with E-state index in [1.165, 1.54) is 23.3 Å². The van der Waals surface area contributed by atoms with E-state index in [0.29, 0.717) is 26.3 Å². The van der Waals surface area contributed by atoms with E-state index in [2.05, 4.69) is 15.5 Å². The van der Waals surface area contributed by atoms with Gasteiger partial charge in [-0.15, -0.1) is 11.3 Å². The van der Waals surface area contributed by atoms with Crippen molar-refractivity contribution >= 4 is 64.3 Å². The van der Waals surface area contributed by atoms with Gasteiger partial charge < -0.3 is 10.2 Å². The number of likely N-dealkylation sites (N-methyl/N-ethyl adjacent to an activating group) is 1. The number of nitrogens with one attached hydrogen (secondary N) is 2. The van der Waals surface area contributed by atoms with Crippen LogP contribution in [0.25, 0.3) is 10.7 Å². The number of aromatic amines is 1. The Morgan fingerprint density at radius 2 is 2.00 bits per heavy atom. The average Bonchev–Trinajstić information content (AvgIpc) is 3.29. The molecule has 28 heavy (non-hydrogen) atoms. The van der Waals surface area contributed by atoms with Crippen molar-refractivity contribution in [3.8, 4) is 10.7 Å². The topological polar surface area (TPSA) is 83.0 Å². The van der Waals surface area contributed by atoms with Gasteiger partial charge in [-0.25, -0.2) is 0 Å². The molecule has 0 atom stereocenters. The van der Waals surface area contributed by atoms with Gasteiger partial charge in [0.2, 0.25) is 11.8 Å². The number of amides is 2. The zero-order valence-electron chi connectivity index (χ0n) is 14.6. The van der Waals surface area contributed by atoms with Crippen LogP contribution >= 0.6 is 46.8 Å². The average molecular weight is 456 g/mol. The Labute approximate surface area is 179 Å². The number of nitrogens with zero attached hydrogens (tertiary/aromatic N) is 3. The van der Waals surface area contributed by atoms with E-state index in [1.54, 1.807) is 22.8 Å². The van der Waals surface area contributed by atoms with Gasteiger partial charge >= 0.3 is 0 Å². The predicted octanol–water partition coefficient (Wildman–Crippen LogP) is 4.07. The maximum Gasteiger partial charge on any atom is 0.244 e. The van der Waals surface area contributed by atoms with Crippen LogP contribution in [-0.4, -0.2) is 45.1 Å². The van der Waals surface area contributed by atoms with Crippen molar-refractivity contribution < 1.29 is 9.59 Å². The van der Waals surface area contributed by atoms with E-state index in [1.807, 2.05) is 17.5 Å². The van der Waals surface area contributed by atoms with Crippen molar-refractivity contribution in [3.63, 3.8) is 0 Å². The number of thiophene rings is 1. The number of carbonyl (C=O) groups excluding carboxylic acids is 2. The van der Waals surface area contributed by atoms with Crippen LogP contribution in [0.5, 0.6) is 0 Å². The number of hydrogen-bond acceptors (Lipinski definition) is 5. The Morgan fingerprint density at radius 3 is 2.64 bits per heavy atom. The smallest absolute Gasteiger partial charge is 0.244 e. The summed E-state index contributed by atoms with van der Waals surface area (Å²) < 4.78 is 1.93. The third-order valence-electron chi connectivity index (χ3n) is 3.83. The van der Waals surface area contributed by atoms with Crippen molar-refractivity contribution in [1.29, 1.82) is 0 Å². The minimum absolute atomic E-state index is 0.0425. The van der Waals surface area contributed by atoms with E-state index >= 15 is 0 Å². The molecule has 2 aromatic heterocycles. The minimum atomic E-state index is -0.417. The van der Waals surface area contributed by atoms with Gasteiger partial charge in [0, 0.05) is 7.05 Å². The molecule has 0 fully saturated rings. The summed E-state index contributed by atoms with van der Waals surface area (Å²) in [7, 11) is 1.53. The summed E-state index contributed by atoms with van der Waals surface area (Å²) in [6.45, 7) is -0.209. The summed E-state index contributed by atoms with van der Waals surface area (Å²) in [5.41, 5.74) is 0.314. The monoisotopic (exact) mass is 455 g/mol. The molecule has 11 heteroatoms. The normalized spacial score (nSPS) is 10.7. The number of H-pyrrole nitrogens is 1. The second kappa shape index (κ2) is 8.87. The lowest BCUT2D eigenvalue weighted by Gasteiger charge is -2.18. The number of para-hydroxylation sites is 1. The highest BCUT2D eigenvalue weighted by molar-refractivity contribution is 7.71. The number of rotatable bonds is 6. The highest BCUT2D eigenvalue weighted by Crippen LogP contribution is 2.29. The Kier molecular flexibility index (Phi) is 6.50. The molecule has 0 unspecified atom stereocenters. The number of hydrogen-bond donors (Lipinski definition) is 2. The van der Waals surface area contributed by atoms with Gasteiger partial charge in [-0.2, -0.15) is 5.10 Å². The fourth-order valence-electron chi connectivity index (χ4n) is 2.41. The third-order valence-corrected chi connectivity index (χ3v) is 5.63. The Morgan fingerprint density at radius 1 is 1.29 bits per heavy atom. The van der Waals surface area contributed by atoms with Gasteiger partial charge in [-0.1, -0.05) is 35.3 Å². The predicted molar refractivity (Wildman–Crippen MR) is 113 cm³/mol. The maximum absolute atomic E-state index is 12.6. The molecular weight excluding hydrogens is 441 g/mol. The van der Waals surface area contributed by atoms with Crippen LogP contribution in [-0.2, 0) is 16.1 Å². The van der Waals surface area contributed by atoms with Crippen LogP contribution in [0.1, 0.15) is 0 Å². The molecule has 0 aliphatic carbocycles. The van der Waals surface area contributed by atoms with Crippen LogP contribution in [0.4, 0.5) is 5.69 Å². The molecular formula is C17H15Cl2N5O2S2. The van der Waals surface area contributed by atoms with Crippen LogP contribution in [0.15, 0.2) is 35.7 Å². The van der Waals surface area contributed by atoms with Gasteiger partial charge in [0.1, 0.15) is 6.54 Å². The third kappa shape index (κ3) is 4.61. The van der Waals surface area contributed by atoms with Crippen LogP contribution in [0, 0.1) is 4.77 Å². The lowest BCUT2D eigenvalue weighted by atomic mass is 10.3. The van der Waals surface area contributed by atoms with Crippen molar-refractivity contribution in [3.05, 3.63) is 50.5 Å². The fourth-order valence-corrected chi connectivity index (χ4v) is 3.82. The molecule has 0 saturated carbocycles. The van der Waals surface area contributed by atoms with E-state index in [4.69, 9.17) is 35.4 Å². The number of benzene rings is 1. The van der Waals surface area contributed by atoms with Crippen molar-refractivity contribution in [1.82, 2.24) is 19.7 Å². The van der Waals surface area contributed by atoms with Crippen molar-refractivity contribution in [2.45, 2.75) is 6.54 Å². The van der Waals surface area contributed by atoms with E-state index in [0.717, 1.165) is 4.88 Å². The highest BCUT2D eigenvalue weighted by atomic mass is 35.5. The lowest BCUT2D eigenvalue weighted by molar-refractivity contribution is -0.133.